The molecule has 3 heteroatoms. The van der Waals surface area contributed by atoms with Crippen LogP contribution in [-0.2, 0) is 14.3 Å². The lowest BCUT2D eigenvalue weighted by atomic mass is 9.73. The first-order chi connectivity index (χ1) is 19.7. The summed E-state index contributed by atoms with van der Waals surface area (Å²) in [5.41, 5.74) is 8.50. The van der Waals surface area contributed by atoms with Gasteiger partial charge in [0, 0.05) is 6.42 Å². The van der Waals surface area contributed by atoms with Crippen LogP contribution < -0.4 is 0 Å². The summed E-state index contributed by atoms with van der Waals surface area (Å²) in [6, 6.07) is 4.64. The van der Waals surface area contributed by atoms with Gasteiger partial charge in [0.1, 0.15) is 0 Å². The monoisotopic (exact) mass is 550 g/mol. The second-order valence-electron chi connectivity index (χ2n) is 11.9. The summed E-state index contributed by atoms with van der Waals surface area (Å²) < 4.78 is 11.8. The molecule has 1 aromatic rings. The molecule has 0 amide bonds. The van der Waals surface area contributed by atoms with Gasteiger partial charge in [-0.15, -0.1) is 0 Å². The topological polar surface area (TPSA) is 35.5 Å². The highest BCUT2D eigenvalue weighted by molar-refractivity contribution is 5.88. The summed E-state index contributed by atoms with van der Waals surface area (Å²) in [5.74, 6) is 0.924. The highest BCUT2D eigenvalue weighted by atomic mass is 16.6. The first-order valence-electron chi connectivity index (χ1n) is 15.2. The van der Waals surface area contributed by atoms with Gasteiger partial charge in [-0.3, -0.25) is 0 Å². The SMILES string of the molecule is CCC=CC=C1c2c(ccc(C3=C(CC(OC(C)(C)C)C(=O)OCC)C=CC=CC=CC=CC=C3)c2C)C2CCC12. The molecule has 3 unspecified atom stereocenters. The van der Waals surface area contributed by atoms with Crippen LogP contribution in [0.2, 0.25) is 0 Å². The molecule has 1 saturated carbocycles. The van der Waals surface area contributed by atoms with Gasteiger partial charge in [-0.2, -0.15) is 0 Å². The van der Waals surface area contributed by atoms with Crippen molar-refractivity contribution in [2.75, 3.05) is 6.61 Å². The fourth-order valence-corrected chi connectivity index (χ4v) is 6.04. The lowest BCUT2D eigenvalue weighted by Crippen LogP contribution is -2.35. The van der Waals surface area contributed by atoms with Crippen LogP contribution in [0.5, 0.6) is 0 Å². The van der Waals surface area contributed by atoms with Gasteiger partial charge in [-0.05, 0) is 105 Å². The van der Waals surface area contributed by atoms with Crippen molar-refractivity contribution in [1.29, 1.82) is 0 Å². The van der Waals surface area contributed by atoms with Crippen molar-refractivity contribution >= 4 is 17.1 Å². The molecule has 1 fully saturated rings. The number of hydrogen-bond donors (Lipinski definition) is 0. The van der Waals surface area contributed by atoms with Crippen molar-refractivity contribution in [2.45, 2.75) is 84.8 Å². The van der Waals surface area contributed by atoms with E-state index < -0.39 is 11.7 Å². The van der Waals surface area contributed by atoms with E-state index >= 15 is 0 Å². The van der Waals surface area contributed by atoms with Crippen molar-refractivity contribution in [1.82, 2.24) is 0 Å². The largest absolute Gasteiger partial charge is 0.464 e. The Hall–Kier alpha value is -3.43. The average Bonchev–Trinajstić information content (AvgIpc) is 3.10. The Balaban J connectivity index is 1.90. The molecule has 3 nitrogen and oxygen atoms in total. The molecule has 0 saturated heterocycles. The molecule has 0 aliphatic heterocycles. The Kier molecular flexibility index (Phi) is 10.4. The summed E-state index contributed by atoms with van der Waals surface area (Å²) in [5, 5.41) is 0. The van der Waals surface area contributed by atoms with E-state index in [1.54, 1.807) is 0 Å². The summed E-state index contributed by atoms with van der Waals surface area (Å²) in [7, 11) is 0. The van der Waals surface area contributed by atoms with Crippen LogP contribution in [0.3, 0.4) is 0 Å². The fraction of sp³-hybridized carbons (Fsp3) is 0.395. The third kappa shape index (κ3) is 7.45. The number of hydrogen-bond acceptors (Lipinski definition) is 3. The molecule has 4 rings (SSSR count). The highest BCUT2D eigenvalue weighted by Crippen LogP contribution is 2.58. The Morgan fingerprint density at radius 1 is 0.951 bits per heavy atom. The van der Waals surface area contributed by atoms with Crippen molar-refractivity contribution in [3.8, 4) is 0 Å². The predicted molar refractivity (Wildman–Crippen MR) is 173 cm³/mol. The van der Waals surface area contributed by atoms with Crippen LogP contribution in [0.25, 0.3) is 11.1 Å². The van der Waals surface area contributed by atoms with E-state index in [0.29, 0.717) is 24.9 Å². The summed E-state index contributed by atoms with van der Waals surface area (Å²) in [6.07, 6.45) is 30.6. The van der Waals surface area contributed by atoms with E-state index in [1.165, 1.54) is 40.7 Å². The van der Waals surface area contributed by atoms with Gasteiger partial charge in [-0.25, -0.2) is 4.79 Å². The van der Waals surface area contributed by atoms with Crippen LogP contribution in [-0.4, -0.2) is 24.3 Å². The Morgan fingerprint density at radius 3 is 2.22 bits per heavy atom. The van der Waals surface area contributed by atoms with E-state index in [1.807, 2.05) is 70.2 Å². The zero-order valence-electron chi connectivity index (χ0n) is 25.7. The van der Waals surface area contributed by atoms with Gasteiger partial charge in [0.05, 0.1) is 12.2 Å². The Labute approximate surface area is 247 Å². The molecule has 0 N–H and O–H groups in total. The van der Waals surface area contributed by atoms with E-state index in [9.17, 15) is 4.79 Å². The number of benzene rings is 1. The van der Waals surface area contributed by atoms with Crippen LogP contribution >= 0.6 is 0 Å². The summed E-state index contributed by atoms with van der Waals surface area (Å²) in [6.45, 7) is 12.5. The number of carbonyl (C=O) groups is 1. The number of fused-ring (bicyclic) bond motifs is 3. The quantitative estimate of drug-likeness (QED) is 0.302. The molecule has 3 aliphatic rings. The molecular formula is C38H46O3. The molecule has 0 spiro atoms. The molecular weight excluding hydrogens is 504 g/mol. The van der Waals surface area contributed by atoms with Crippen molar-refractivity contribution in [3.63, 3.8) is 0 Å². The average molecular weight is 551 g/mol. The number of ether oxygens (including phenoxy) is 2. The zero-order chi connectivity index (χ0) is 29.4. The lowest BCUT2D eigenvalue weighted by molar-refractivity contribution is -0.165. The molecule has 0 aromatic heterocycles. The minimum atomic E-state index is -0.717. The molecule has 3 aliphatic carbocycles. The summed E-state index contributed by atoms with van der Waals surface area (Å²) >= 11 is 0. The maximum atomic E-state index is 13.1. The highest BCUT2D eigenvalue weighted by Gasteiger charge is 2.43. The van der Waals surface area contributed by atoms with Crippen molar-refractivity contribution in [3.05, 3.63) is 119 Å². The zero-order valence-corrected chi connectivity index (χ0v) is 25.7. The molecule has 216 valence electrons. The van der Waals surface area contributed by atoms with Gasteiger partial charge in [0.25, 0.3) is 0 Å². The van der Waals surface area contributed by atoms with E-state index in [2.05, 4.69) is 62.4 Å². The number of allylic oxidation sites excluding steroid dienone is 15. The number of esters is 1. The normalized spacial score (nSPS) is 22.0. The van der Waals surface area contributed by atoms with Crippen LogP contribution in [0.15, 0.2) is 96.7 Å². The third-order valence-electron chi connectivity index (χ3n) is 7.93. The van der Waals surface area contributed by atoms with Gasteiger partial charge in [0.15, 0.2) is 6.10 Å². The van der Waals surface area contributed by atoms with E-state index in [-0.39, 0.29) is 5.97 Å². The minimum absolute atomic E-state index is 0.318. The van der Waals surface area contributed by atoms with Gasteiger partial charge in [0.2, 0.25) is 0 Å². The summed E-state index contributed by atoms with van der Waals surface area (Å²) in [4.78, 5) is 13.1. The van der Waals surface area contributed by atoms with Gasteiger partial charge < -0.3 is 9.47 Å². The second-order valence-corrected chi connectivity index (χ2v) is 11.9. The van der Waals surface area contributed by atoms with E-state index in [4.69, 9.17) is 9.47 Å². The maximum Gasteiger partial charge on any atom is 0.335 e. The predicted octanol–water partition coefficient (Wildman–Crippen LogP) is 9.54. The smallest absolute Gasteiger partial charge is 0.335 e. The number of rotatable bonds is 8. The standard InChI is InChI=1S/C38H46O3/c1-7-9-16-21-33-31-23-24-32(31)34-25-22-29(27(3)36(33)34)30-20-18-15-13-11-10-12-14-17-19-28(30)26-35(37(39)40-8-2)41-38(4,5)6/h9-22,25,31-32,35H,7-8,23-24,26H2,1-6H3. The third-order valence-corrected chi connectivity index (χ3v) is 7.93. The molecule has 0 heterocycles. The van der Waals surface area contributed by atoms with Gasteiger partial charge >= 0.3 is 5.97 Å². The molecule has 3 atom stereocenters. The van der Waals surface area contributed by atoms with Crippen LogP contribution in [0.1, 0.15) is 88.5 Å². The minimum Gasteiger partial charge on any atom is -0.464 e. The Morgan fingerprint density at radius 2 is 1.61 bits per heavy atom. The first-order valence-corrected chi connectivity index (χ1v) is 15.2. The molecule has 41 heavy (non-hydrogen) atoms. The Bertz CT molecular complexity index is 1350. The fourth-order valence-electron chi connectivity index (χ4n) is 6.04. The lowest BCUT2D eigenvalue weighted by Gasteiger charge is -2.31. The molecule has 0 radical (unpaired) electrons. The van der Waals surface area contributed by atoms with Crippen molar-refractivity contribution in [2.24, 2.45) is 5.92 Å². The van der Waals surface area contributed by atoms with Crippen LogP contribution in [0, 0.1) is 12.8 Å². The van der Waals surface area contributed by atoms with Gasteiger partial charge in [-0.1, -0.05) is 98.0 Å². The van der Waals surface area contributed by atoms with Crippen LogP contribution in [0.4, 0.5) is 0 Å². The maximum absolute atomic E-state index is 13.1. The number of carbonyl (C=O) groups excluding carboxylic acids is 1. The van der Waals surface area contributed by atoms with E-state index in [0.717, 1.165) is 17.6 Å². The molecule has 0 bridgehead atoms. The first kappa shape index (κ1) is 30.5. The molecule has 1 aromatic carbocycles. The second kappa shape index (κ2) is 14.0. The van der Waals surface area contributed by atoms with Crippen molar-refractivity contribution < 1.29 is 14.3 Å².